The molecule has 4 heteroatoms. The molecule has 1 aromatic carbocycles. The maximum absolute atomic E-state index is 6.30. The molecule has 1 atom stereocenters. The van der Waals surface area contributed by atoms with Crippen LogP contribution in [0.15, 0.2) is 29.8 Å². The molecule has 1 heterocycles. The quantitative estimate of drug-likeness (QED) is 0.652. The molecule has 0 saturated carbocycles. The fourth-order valence-electron chi connectivity index (χ4n) is 2.24. The smallest absolute Gasteiger partial charge is 0.0639 e. The van der Waals surface area contributed by atoms with Crippen molar-refractivity contribution in [3.8, 4) is 0 Å². The lowest BCUT2D eigenvalue weighted by Crippen LogP contribution is -2.30. The highest BCUT2D eigenvalue weighted by Crippen LogP contribution is 2.31. The summed E-state index contributed by atoms with van der Waals surface area (Å²) in [6.45, 7) is 6.25. The van der Waals surface area contributed by atoms with Crippen LogP contribution in [0.25, 0.3) is 0 Å². The third kappa shape index (κ3) is 2.53. The molecule has 0 aliphatic carbocycles. The van der Waals surface area contributed by atoms with Gasteiger partial charge in [-0.2, -0.15) is 0 Å². The maximum Gasteiger partial charge on any atom is 0.0639 e. The van der Waals surface area contributed by atoms with Gasteiger partial charge < -0.3 is 11.5 Å². The van der Waals surface area contributed by atoms with Crippen LogP contribution in [0.3, 0.4) is 0 Å². The highest BCUT2D eigenvalue weighted by molar-refractivity contribution is 6.33. The van der Waals surface area contributed by atoms with Crippen LogP contribution in [0.5, 0.6) is 0 Å². The number of anilines is 1. The first-order valence-electron chi connectivity index (χ1n) is 6.23. The second kappa shape index (κ2) is 5.31. The number of rotatable bonds is 3. The summed E-state index contributed by atoms with van der Waals surface area (Å²) in [7, 11) is 0. The van der Waals surface area contributed by atoms with Crippen LogP contribution in [0.4, 0.5) is 5.69 Å². The van der Waals surface area contributed by atoms with E-state index in [-0.39, 0.29) is 6.04 Å². The number of benzene rings is 1. The number of nitrogens with two attached hydrogens (primary N) is 2. The maximum atomic E-state index is 6.30. The van der Waals surface area contributed by atoms with Crippen molar-refractivity contribution in [2.24, 2.45) is 5.73 Å². The van der Waals surface area contributed by atoms with E-state index in [1.807, 2.05) is 12.1 Å². The molecule has 0 saturated heterocycles. The minimum atomic E-state index is -0.160. The van der Waals surface area contributed by atoms with Crippen molar-refractivity contribution in [3.63, 3.8) is 0 Å². The molecule has 0 aromatic heterocycles. The average Bonchev–Trinajstić information content (AvgIpc) is 2.81. The van der Waals surface area contributed by atoms with Gasteiger partial charge in [-0.05, 0) is 31.1 Å². The van der Waals surface area contributed by atoms with Crippen LogP contribution in [-0.2, 0) is 0 Å². The second-order valence-corrected chi connectivity index (χ2v) is 5.43. The van der Waals surface area contributed by atoms with E-state index in [1.54, 1.807) is 6.07 Å². The van der Waals surface area contributed by atoms with E-state index < -0.39 is 0 Å². The van der Waals surface area contributed by atoms with E-state index in [1.165, 1.54) is 5.57 Å². The van der Waals surface area contributed by atoms with Gasteiger partial charge >= 0.3 is 0 Å². The molecule has 4 N–H and O–H groups in total. The van der Waals surface area contributed by atoms with Gasteiger partial charge in [0.15, 0.2) is 0 Å². The first kappa shape index (κ1) is 13.4. The zero-order valence-corrected chi connectivity index (χ0v) is 11.6. The summed E-state index contributed by atoms with van der Waals surface area (Å²) in [4.78, 5) is 2.37. The van der Waals surface area contributed by atoms with Crippen molar-refractivity contribution in [1.29, 1.82) is 0 Å². The lowest BCUT2D eigenvalue weighted by atomic mass is 9.98. The number of hydrogen-bond donors (Lipinski definition) is 2. The van der Waals surface area contributed by atoms with Gasteiger partial charge in [-0.3, -0.25) is 4.90 Å². The summed E-state index contributed by atoms with van der Waals surface area (Å²) in [5, 5.41) is 0.572. The Labute approximate surface area is 113 Å². The Balaban J connectivity index is 2.18. The lowest BCUT2D eigenvalue weighted by Gasteiger charge is -2.22. The minimum Gasteiger partial charge on any atom is -0.397 e. The van der Waals surface area contributed by atoms with Crippen molar-refractivity contribution < 1.29 is 0 Å². The highest BCUT2D eigenvalue weighted by atomic mass is 35.5. The molecule has 1 unspecified atom stereocenters. The van der Waals surface area contributed by atoms with Crippen molar-refractivity contribution in [1.82, 2.24) is 4.90 Å². The summed E-state index contributed by atoms with van der Waals surface area (Å²) in [6, 6.07) is 6.00. The van der Waals surface area contributed by atoms with Crippen LogP contribution >= 0.6 is 11.6 Å². The Bertz CT molecular complexity index is 468. The Morgan fingerprint density at radius 2 is 2.06 bits per heavy atom. The predicted molar refractivity (Wildman–Crippen MR) is 77.6 cm³/mol. The standard InChI is InChI=1S/C14H20ClN3/c1-9(2)18-7-6-10(8-18)13(16)11-4-3-5-12(15)14(11)17/h3-6,9,13H,7-8,16-17H2,1-2H3. The molecular weight excluding hydrogens is 246 g/mol. The minimum absolute atomic E-state index is 0.160. The van der Waals surface area contributed by atoms with Gasteiger partial charge in [-0.1, -0.05) is 29.8 Å². The van der Waals surface area contributed by atoms with Gasteiger partial charge in [0.1, 0.15) is 0 Å². The van der Waals surface area contributed by atoms with Crippen LogP contribution in [0.2, 0.25) is 5.02 Å². The van der Waals surface area contributed by atoms with Crippen LogP contribution in [0, 0.1) is 0 Å². The van der Waals surface area contributed by atoms with E-state index in [2.05, 4.69) is 24.8 Å². The molecular formula is C14H20ClN3. The highest BCUT2D eigenvalue weighted by Gasteiger charge is 2.23. The van der Waals surface area contributed by atoms with Crippen molar-refractivity contribution in [2.75, 3.05) is 18.8 Å². The Kier molecular flexibility index (Phi) is 3.95. The largest absolute Gasteiger partial charge is 0.397 e. The monoisotopic (exact) mass is 265 g/mol. The first-order valence-corrected chi connectivity index (χ1v) is 6.61. The van der Waals surface area contributed by atoms with Gasteiger partial charge in [-0.25, -0.2) is 0 Å². The molecule has 0 fully saturated rings. The summed E-state index contributed by atoms with van der Waals surface area (Å²) in [5.74, 6) is 0. The summed E-state index contributed by atoms with van der Waals surface area (Å²) < 4.78 is 0. The third-order valence-electron chi connectivity index (χ3n) is 3.53. The molecule has 0 bridgehead atoms. The lowest BCUT2D eigenvalue weighted by molar-refractivity contribution is 0.281. The van der Waals surface area contributed by atoms with E-state index >= 15 is 0 Å². The second-order valence-electron chi connectivity index (χ2n) is 5.02. The molecule has 1 aromatic rings. The van der Waals surface area contributed by atoms with E-state index in [0.717, 1.165) is 18.7 Å². The molecule has 0 spiro atoms. The van der Waals surface area contributed by atoms with Crippen LogP contribution in [-0.4, -0.2) is 24.0 Å². The number of halogens is 1. The molecule has 1 aliphatic heterocycles. The SMILES string of the molecule is CC(C)N1CC=C(C(N)c2cccc(Cl)c2N)C1. The summed E-state index contributed by atoms with van der Waals surface area (Å²) >= 11 is 6.03. The molecule has 2 rings (SSSR count). The Morgan fingerprint density at radius 3 is 2.67 bits per heavy atom. The van der Waals surface area contributed by atoms with Gasteiger partial charge in [0, 0.05) is 19.1 Å². The van der Waals surface area contributed by atoms with Crippen molar-refractivity contribution in [2.45, 2.75) is 25.9 Å². The molecule has 3 nitrogen and oxygen atoms in total. The van der Waals surface area contributed by atoms with Crippen molar-refractivity contribution >= 4 is 17.3 Å². The zero-order chi connectivity index (χ0) is 13.3. The molecule has 98 valence electrons. The third-order valence-corrected chi connectivity index (χ3v) is 3.85. The molecule has 1 aliphatic rings. The molecule has 0 radical (unpaired) electrons. The van der Waals surface area contributed by atoms with Gasteiger partial charge in [0.05, 0.1) is 16.8 Å². The van der Waals surface area contributed by atoms with Crippen LogP contribution in [0.1, 0.15) is 25.5 Å². The fourth-order valence-corrected chi connectivity index (χ4v) is 2.42. The van der Waals surface area contributed by atoms with E-state index in [4.69, 9.17) is 23.1 Å². The van der Waals surface area contributed by atoms with Gasteiger partial charge in [0.2, 0.25) is 0 Å². The number of para-hydroxylation sites is 1. The Morgan fingerprint density at radius 1 is 1.33 bits per heavy atom. The number of hydrogen-bond acceptors (Lipinski definition) is 3. The fraction of sp³-hybridized carbons (Fsp3) is 0.429. The molecule has 0 amide bonds. The van der Waals surface area contributed by atoms with Crippen LogP contribution < -0.4 is 11.5 Å². The van der Waals surface area contributed by atoms with E-state index in [0.29, 0.717) is 16.8 Å². The summed E-state index contributed by atoms with van der Waals surface area (Å²) in [5.41, 5.74) is 15.0. The zero-order valence-electron chi connectivity index (χ0n) is 10.9. The number of nitrogens with zero attached hydrogens (tertiary/aromatic N) is 1. The first-order chi connectivity index (χ1) is 8.50. The van der Waals surface area contributed by atoms with Gasteiger partial charge in [0.25, 0.3) is 0 Å². The van der Waals surface area contributed by atoms with Gasteiger partial charge in [-0.15, -0.1) is 0 Å². The summed E-state index contributed by atoms with van der Waals surface area (Å²) in [6.07, 6.45) is 2.20. The molecule has 18 heavy (non-hydrogen) atoms. The predicted octanol–water partition coefficient (Wildman–Crippen LogP) is 2.57. The normalized spacial score (nSPS) is 18.2. The van der Waals surface area contributed by atoms with E-state index in [9.17, 15) is 0 Å². The average molecular weight is 266 g/mol. The Hall–Kier alpha value is -1.03. The topological polar surface area (TPSA) is 55.3 Å². The number of nitrogen functional groups attached to an aromatic ring is 1. The van der Waals surface area contributed by atoms with Crippen molar-refractivity contribution in [3.05, 3.63) is 40.4 Å².